The van der Waals surface area contributed by atoms with Gasteiger partial charge in [0.2, 0.25) is 0 Å². The average Bonchev–Trinajstić information content (AvgIpc) is 3.25. The normalized spacial score (nSPS) is 13.4. The molecule has 0 saturated carbocycles. The molecule has 6 nitrogen and oxygen atoms in total. The molecule has 3 aromatic rings. The number of amides is 2. The lowest BCUT2D eigenvalue weighted by Gasteiger charge is -2.16. The minimum absolute atomic E-state index is 0.328. The van der Waals surface area contributed by atoms with Gasteiger partial charge in [0, 0.05) is 41.2 Å². The van der Waals surface area contributed by atoms with Crippen molar-refractivity contribution in [2.45, 2.75) is 12.8 Å². The van der Waals surface area contributed by atoms with Crippen LogP contribution in [0.5, 0.6) is 0 Å². The Morgan fingerprint density at radius 1 is 0.964 bits per heavy atom. The second kappa shape index (κ2) is 8.27. The maximum absolute atomic E-state index is 12.2. The quantitative estimate of drug-likeness (QED) is 0.651. The molecule has 1 aliphatic heterocycles. The number of carbonyl (C=O) groups is 1. The summed E-state index contributed by atoms with van der Waals surface area (Å²) in [5, 5.41) is 6.23. The van der Waals surface area contributed by atoms with Crippen LogP contribution in [0.4, 0.5) is 22.0 Å². The van der Waals surface area contributed by atoms with E-state index in [1.807, 2.05) is 30.3 Å². The van der Waals surface area contributed by atoms with Gasteiger partial charge in [-0.25, -0.2) is 14.8 Å². The van der Waals surface area contributed by atoms with Crippen LogP contribution in [0.25, 0.3) is 11.4 Å². The number of aromatic nitrogens is 2. The van der Waals surface area contributed by atoms with Crippen molar-refractivity contribution in [2.24, 2.45) is 0 Å². The summed E-state index contributed by atoms with van der Waals surface area (Å²) in [5.41, 5.74) is 2.18. The van der Waals surface area contributed by atoms with Crippen LogP contribution in [-0.2, 0) is 0 Å². The number of benzene rings is 2. The van der Waals surface area contributed by atoms with Gasteiger partial charge in [0.1, 0.15) is 5.82 Å². The largest absolute Gasteiger partial charge is 0.357 e. The van der Waals surface area contributed by atoms with Crippen molar-refractivity contribution in [3.63, 3.8) is 0 Å². The van der Waals surface area contributed by atoms with Crippen molar-refractivity contribution < 1.29 is 4.79 Å². The molecular weight excluding hydrogens is 374 g/mol. The number of nitrogens with zero attached hydrogens (tertiary/aromatic N) is 3. The molecule has 0 spiro atoms. The van der Waals surface area contributed by atoms with Crippen LogP contribution in [0.1, 0.15) is 12.8 Å². The minimum atomic E-state index is -0.328. The number of halogens is 1. The number of urea groups is 1. The first-order chi connectivity index (χ1) is 13.7. The zero-order valence-electron chi connectivity index (χ0n) is 15.2. The van der Waals surface area contributed by atoms with Crippen LogP contribution >= 0.6 is 11.6 Å². The van der Waals surface area contributed by atoms with Crippen molar-refractivity contribution in [1.82, 2.24) is 9.97 Å². The number of hydrogen-bond acceptors (Lipinski definition) is 4. The third kappa shape index (κ3) is 4.40. The summed E-state index contributed by atoms with van der Waals surface area (Å²) in [5.74, 6) is 1.59. The minimum Gasteiger partial charge on any atom is -0.357 e. The fourth-order valence-corrected chi connectivity index (χ4v) is 3.30. The van der Waals surface area contributed by atoms with E-state index in [2.05, 4.69) is 20.5 Å². The third-order valence-corrected chi connectivity index (χ3v) is 4.80. The van der Waals surface area contributed by atoms with Crippen molar-refractivity contribution in [2.75, 3.05) is 28.6 Å². The van der Waals surface area contributed by atoms with Gasteiger partial charge in [0.15, 0.2) is 5.82 Å². The first kappa shape index (κ1) is 18.3. The van der Waals surface area contributed by atoms with Crippen molar-refractivity contribution in [3.8, 4) is 11.4 Å². The van der Waals surface area contributed by atoms with Crippen LogP contribution in [-0.4, -0.2) is 29.1 Å². The summed E-state index contributed by atoms with van der Waals surface area (Å²) in [7, 11) is 0. The van der Waals surface area contributed by atoms with Crippen molar-refractivity contribution in [1.29, 1.82) is 0 Å². The van der Waals surface area contributed by atoms with E-state index < -0.39 is 0 Å². The van der Waals surface area contributed by atoms with E-state index in [0.717, 1.165) is 24.5 Å². The number of hydrogen-bond donors (Lipinski definition) is 2. The maximum Gasteiger partial charge on any atom is 0.323 e. The van der Waals surface area contributed by atoms with E-state index in [4.69, 9.17) is 16.6 Å². The Bertz CT molecular complexity index is 971. The van der Waals surface area contributed by atoms with Crippen LogP contribution in [0.15, 0.2) is 60.8 Å². The molecule has 1 fully saturated rings. The maximum atomic E-state index is 12.2. The summed E-state index contributed by atoms with van der Waals surface area (Å²) >= 11 is 5.86. The predicted molar refractivity (Wildman–Crippen MR) is 113 cm³/mol. The first-order valence-corrected chi connectivity index (χ1v) is 9.57. The lowest BCUT2D eigenvalue weighted by Crippen LogP contribution is -2.19. The molecule has 1 aliphatic rings. The molecule has 7 heteroatoms. The van der Waals surface area contributed by atoms with Crippen LogP contribution in [0.2, 0.25) is 5.02 Å². The SMILES string of the molecule is O=C(Nc1ccc(Cl)cc1)Nc1cccc(-c2nccc(N3CCCC3)n2)c1. The molecule has 142 valence electrons. The monoisotopic (exact) mass is 393 g/mol. The molecule has 0 radical (unpaired) electrons. The molecule has 28 heavy (non-hydrogen) atoms. The Morgan fingerprint density at radius 2 is 1.71 bits per heavy atom. The van der Waals surface area contributed by atoms with E-state index in [1.54, 1.807) is 30.5 Å². The van der Waals surface area contributed by atoms with Gasteiger partial charge in [0.25, 0.3) is 0 Å². The van der Waals surface area contributed by atoms with Crippen molar-refractivity contribution >= 4 is 34.8 Å². The van der Waals surface area contributed by atoms with Gasteiger partial charge in [-0.1, -0.05) is 23.7 Å². The molecule has 2 aromatic carbocycles. The standard InChI is InChI=1S/C21H20ClN5O/c22-16-6-8-17(9-7-16)24-21(28)25-18-5-3-4-15(14-18)20-23-11-10-19(26-20)27-12-1-2-13-27/h3-11,14H,1-2,12-13H2,(H2,24,25,28). The van der Waals surface area contributed by atoms with E-state index in [-0.39, 0.29) is 6.03 Å². The third-order valence-electron chi connectivity index (χ3n) is 4.55. The molecular formula is C21H20ClN5O. The van der Waals surface area contributed by atoms with Gasteiger partial charge in [-0.3, -0.25) is 0 Å². The Morgan fingerprint density at radius 3 is 2.50 bits per heavy atom. The lowest BCUT2D eigenvalue weighted by atomic mass is 10.2. The van der Waals surface area contributed by atoms with Gasteiger partial charge >= 0.3 is 6.03 Å². The molecule has 0 bridgehead atoms. The Balaban J connectivity index is 1.47. The van der Waals surface area contributed by atoms with E-state index in [9.17, 15) is 4.79 Å². The van der Waals surface area contributed by atoms with E-state index in [1.165, 1.54) is 12.8 Å². The summed E-state index contributed by atoms with van der Waals surface area (Å²) < 4.78 is 0. The first-order valence-electron chi connectivity index (χ1n) is 9.19. The summed E-state index contributed by atoms with van der Waals surface area (Å²) in [6, 6.07) is 16.1. The molecule has 4 rings (SSSR count). The summed E-state index contributed by atoms with van der Waals surface area (Å²) in [6.45, 7) is 2.06. The summed E-state index contributed by atoms with van der Waals surface area (Å²) in [4.78, 5) is 23.6. The smallest absolute Gasteiger partial charge is 0.323 e. The highest BCUT2D eigenvalue weighted by atomic mass is 35.5. The highest BCUT2D eigenvalue weighted by molar-refractivity contribution is 6.30. The molecule has 2 N–H and O–H groups in total. The zero-order chi connectivity index (χ0) is 19.3. The van der Waals surface area contributed by atoms with E-state index >= 15 is 0 Å². The molecule has 2 heterocycles. The van der Waals surface area contributed by atoms with Crippen molar-refractivity contribution in [3.05, 3.63) is 65.8 Å². The molecule has 0 aliphatic carbocycles. The Kier molecular flexibility index (Phi) is 5.39. The highest BCUT2D eigenvalue weighted by Gasteiger charge is 2.14. The summed E-state index contributed by atoms with van der Waals surface area (Å²) in [6.07, 6.45) is 4.17. The van der Waals surface area contributed by atoms with Gasteiger partial charge in [-0.2, -0.15) is 0 Å². The molecule has 0 unspecified atom stereocenters. The van der Waals surface area contributed by atoms with Crippen LogP contribution < -0.4 is 15.5 Å². The van der Waals surface area contributed by atoms with Gasteiger partial charge < -0.3 is 15.5 Å². The Labute approximate surface area is 168 Å². The van der Waals surface area contributed by atoms with E-state index in [0.29, 0.717) is 22.2 Å². The topological polar surface area (TPSA) is 70.2 Å². The fraction of sp³-hybridized carbons (Fsp3) is 0.190. The zero-order valence-corrected chi connectivity index (χ0v) is 16.0. The van der Waals surface area contributed by atoms with Crippen LogP contribution in [0.3, 0.4) is 0 Å². The average molecular weight is 394 g/mol. The lowest BCUT2D eigenvalue weighted by molar-refractivity contribution is 0.262. The highest BCUT2D eigenvalue weighted by Crippen LogP contribution is 2.23. The number of anilines is 3. The van der Waals surface area contributed by atoms with Gasteiger partial charge in [0.05, 0.1) is 0 Å². The molecule has 1 aromatic heterocycles. The molecule has 0 atom stereocenters. The Hall–Kier alpha value is -3.12. The second-order valence-electron chi connectivity index (χ2n) is 6.60. The molecule has 2 amide bonds. The predicted octanol–water partition coefficient (Wildman–Crippen LogP) is 5.04. The number of rotatable bonds is 4. The second-order valence-corrected chi connectivity index (χ2v) is 7.04. The van der Waals surface area contributed by atoms with Crippen LogP contribution in [0, 0.1) is 0 Å². The number of carbonyl (C=O) groups excluding carboxylic acids is 1. The van der Waals surface area contributed by atoms with Gasteiger partial charge in [-0.05, 0) is 55.3 Å². The van der Waals surface area contributed by atoms with Gasteiger partial charge in [-0.15, -0.1) is 0 Å². The molecule has 1 saturated heterocycles. The fourth-order valence-electron chi connectivity index (χ4n) is 3.17. The number of nitrogens with one attached hydrogen (secondary N) is 2.